The van der Waals surface area contributed by atoms with Gasteiger partial charge in [0.1, 0.15) is 6.54 Å². The van der Waals surface area contributed by atoms with E-state index in [2.05, 4.69) is 15.4 Å². The third-order valence-corrected chi connectivity index (χ3v) is 3.05. The van der Waals surface area contributed by atoms with Gasteiger partial charge in [-0.3, -0.25) is 0 Å². The Balaban J connectivity index is 2.44. The van der Waals surface area contributed by atoms with E-state index in [0.717, 1.165) is 16.9 Å². The number of nitrogens with zero attached hydrogens (tertiary/aromatic N) is 6. The number of hydrogen-bond donors (Lipinski definition) is 0. The smallest absolute Gasteiger partial charge is 0.355 e. The molecule has 0 unspecified atom stereocenters. The minimum absolute atomic E-state index is 0.0929. The summed E-state index contributed by atoms with van der Waals surface area (Å²) in [5, 5.41) is 19.5. The van der Waals surface area contributed by atoms with Gasteiger partial charge in [-0.2, -0.15) is 36.4 Å². The lowest BCUT2D eigenvalue weighted by molar-refractivity contribution is -0.137. The summed E-state index contributed by atoms with van der Waals surface area (Å²) < 4.78 is 77.5. The summed E-state index contributed by atoms with van der Waals surface area (Å²) in [7, 11) is 1.40. The minimum atomic E-state index is -4.88. The first-order chi connectivity index (χ1) is 11.5. The SMILES string of the molecule is Cn1nnc(CN(CC(F)(F)F)c2ccc(C#N)c(C(F)(F)F)c2)n1. The second kappa shape index (κ2) is 6.58. The summed E-state index contributed by atoms with van der Waals surface area (Å²) in [6, 6.07) is 3.71. The number of nitriles is 1. The van der Waals surface area contributed by atoms with Crippen LogP contribution in [0, 0.1) is 11.3 Å². The van der Waals surface area contributed by atoms with Crippen LogP contribution in [0.1, 0.15) is 17.0 Å². The molecule has 0 saturated heterocycles. The van der Waals surface area contributed by atoms with Crippen LogP contribution in [0.5, 0.6) is 0 Å². The Morgan fingerprint density at radius 1 is 1.20 bits per heavy atom. The minimum Gasteiger partial charge on any atom is -0.355 e. The Bertz CT molecular complexity index is 788. The molecule has 0 amide bonds. The van der Waals surface area contributed by atoms with Crippen molar-refractivity contribution in [1.29, 1.82) is 5.26 Å². The number of aromatic nitrogens is 4. The van der Waals surface area contributed by atoms with Crippen LogP contribution in [0.3, 0.4) is 0 Å². The van der Waals surface area contributed by atoms with E-state index in [1.807, 2.05) is 0 Å². The number of alkyl halides is 6. The Kier molecular flexibility index (Phi) is 4.87. The molecular weight excluding hydrogens is 354 g/mol. The summed E-state index contributed by atoms with van der Waals surface area (Å²) in [5.74, 6) is -0.0929. The molecule has 12 heteroatoms. The fraction of sp³-hybridized carbons (Fsp3) is 0.385. The number of aryl methyl sites for hydroxylation is 1. The highest BCUT2D eigenvalue weighted by molar-refractivity contribution is 5.55. The first-order valence-electron chi connectivity index (χ1n) is 6.65. The molecule has 134 valence electrons. The predicted molar refractivity (Wildman–Crippen MR) is 72.1 cm³/mol. The number of anilines is 1. The van der Waals surface area contributed by atoms with Gasteiger partial charge < -0.3 is 4.90 Å². The van der Waals surface area contributed by atoms with Crippen LogP contribution in [0.15, 0.2) is 18.2 Å². The molecule has 1 aromatic carbocycles. The zero-order valence-electron chi connectivity index (χ0n) is 12.6. The van der Waals surface area contributed by atoms with Crippen LogP contribution in [-0.2, 0) is 19.8 Å². The molecule has 0 fully saturated rings. The first-order valence-corrected chi connectivity index (χ1v) is 6.65. The van der Waals surface area contributed by atoms with Crippen LogP contribution in [0.4, 0.5) is 32.0 Å². The van der Waals surface area contributed by atoms with Crippen molar-refractivity contribution in [2.45, 2.75) is 18.9 Å². The van der Waals surface area contributed by atoms with Crippen LogP contribution >= 0.6 is 0 Å². The molecule has 0 N–H and O–H groups in total. The maximum absolute atomic E-state index is 13.0. The van der Waals surface area contributed by atoms with Crippen LogP contribution in [-0.4, -0.2) is 32.9 Å². The first kappa shape index (κ1) is 18.5. The van der Waals surface area contributed by atoms with Gasteiger partial charge in [0, 0.05) is 5.69 Å². The lowest BCUT2D eigenvalue weighted by atomic mass is 10.1. The van der Waals surface area contributed by atoms with E-state index in [1.54, 1.807) is 0 Å². The zero-order chi connectivity index (χ0) is 18.8. The molecule has 25 heavy (non-hydrogen) atoms. The van der Waals surface area contributed by atoms with Gasteiger partial charge in [0.2, 0.25) is 0 Å². The molecular formula is C13H10F6N6. The average molecular weight is 364 g/mol. The summed E-state index contributed by atoms with van der Waals surface area (Å²) in [4.78, 5) is 1.65. The summed E-state index contributed by atoms with van der Waals surface area (Å²) >= 11 is 0. The van der Waals surface area contributed by atoms with Gasteiger partial charge in [0.15, 0.2) is 5.82 Å². The van der Waals surface area contributed by atoms with Crippen molar-refractivity contribution in [3.63, 3.8) is 0 Å². The highest BCUT2D eigenvalue weighted by atomic mass is 19.4. The Hall–Kier alpha value is -2.84. The number of tetrazole rings is 1. The fourth-order valence-electron chi connectivity index (χ4n) is 2.07. The zero-order valence-corrected chi connectivity index (χ0v) is 12.6. The van der Waals surface area contributed by atoms with Crippen molar-refractivity contribution in [2.24, 2.45) is 7.05 Å². The molecule has 2 rings (SSSR count). The van der Waals surface area contributed by atoms with Gasteiger partial charge in [-0.05, 0) is 23.4 Å². The van der Waals surface area contributed by atoms with E-state index in [1.165, 1.54) is 13.1 Å². The molecule has 0 aliphatic rings. The van der Waals surface area contributed by atoms with Crippen molar-refractivity contribution in [1.82, 2.24) is 20.2 Å². The maximum atomic E-state index is 13.0. The number of hydrogen-bond acceptors (Lipinski definition) is 5. The molecule has 1 heterocycles. The molecule has 0 atom stereocenters. The Labute approximate surface area is 137 Å². The molecule has 0 bridgehead atoms. The topological polar surface area (TPSA) is 70.6 Å². The Morgan fingerprint density at radius 2 is 1.88 bits per heavy atom. The van der Waals surface area contributed by atoms with E-state index in [4.69, 9.17) is 5.26 Å². The van der Waals surface area contributed by atoms with Crippen molar-refractivity contribution < 1.29 is 26.3 Å². The van der Waals surface area contributed by atoms with Gasteiger partial charge in [-0.1, -0.05) is 0 Å². The van der Waals surface area contributed by atoms with E-state index in [-0.39, 0.29) is 11.5 Å². The van der Waals surface area contributed by atoms with Gasteiger partial charge >= 0.3 is 12.4 Å². The highest BCUT2D eigenvalue weighted by Gasteiger charge is 2.36. The number of rotatable bonds is 4. The van der Waals surface area contributed by atoms with E-state index < -0.39 is 36.6 Å². The normalized spacial score (nSPS) is 12.1. The van der Waals surface area contributed by atoms with Gasteiger partial charge in [-0.15, -0.1) is 10.2 Å². The van der Waals surface area contributed by atoms with Crippen LogP contribution in [0.25, 0.3) is 0 Å². The average Bonchev–Trinajstić information content (AvgIpc) is 2.89. The molecule has 0 aliphatic carbocycles. The van der Waals surface area contributed by atoms with Crippen LogP contribution < -0.4 is 4.90 Å². The molecule has 0 radical (unpaired) electrons. The number of halogens is 6. The lowest BCUT2D eigenvalue weighted by Crippen LogP contribution is -2.34. The maximum Gasteiger partial charge on any atom is 0.417 e. The fourth-order valence-corrected chi connectivity index (χ4v) is 2.07. The largest absolute Gasteiger partial charge is 0.417 e. The lowest BCUT2D eigenvalue weighted by Gasteiger charge is -2.25. The van der Waals surface area contributed by atoms with Crippen molar-refractivity contribution >= 4 is 5.69 Å². The Morgan fingerprint density at radius 3 is 2.36 bits per heavy atom. The predicted octanol–water partition coefficient (Wildman–Crippen LogP) is 2.67. The van der Waals surface area contributed by atoms with Crippen molar-refractivity contribution in [3.05, 3.63) is 35.2 Å². The quantitative estimate of drug-likeness (QED) is 0.780. The van der Waals surface area contributed by atoms with Crippen molar-refractivity contribution in [3.8, 4) is 6.07 Å². The molecule has 0 spiro atoms. The number of benzene rings is 1. The second-order valence-electron chi connectivity index (χ2n) is 5.01. The van der Waals surface area contributed by atoms with E-state index in [0.29, 0.717) is 11.0 Å². The third-order valence-electron chi connectivity index (χ3n) is 3.05. The molecule has 6 nitrogen and oxygen atoms in total. The second-order valence-corrected chi connectivity index (χ2v) is 5.01. The highest BCUT2D eigenvalue weighted by Crippen LogP contribution is 2.35. The monoisotopic (exact) mass is 364 g/mol. The van der Waals surface area contributed by atoms with Crippen molar-refractivity contribution in [2.75, 3.05) is 11.4 Å². The van der Waals surface area contributed by atoms with Gasteiger partial charge in [0.05, 0.1) is 30.8 Å². The van der Waals surface area contributed by atoms with Crippen LogP contribution in [0.2, 0.25) is 0 Å². The summed E-state index contributed by atoms with van der Waals surface area (Å²) in [6.07, 6.45) is -9.55. The van der Waals surface area contributed by atoms with Gasteiger partial charge in [0.25, 0.3) is 0 Å². The molecule has 2 aromatic rings. The van der Waals surface area contributed by atoms with E-state index >= 15 is 0 Å². The summed E-state index contributed by atoms with van der Waals surface area (Å²) in [5.41, 5.74) is -2.36. The summed E-state index contributed by atoms with van der Waals surface area (Å²) in [6.45, 7) is -2.02. The van der Waals surface area contributed by atoms with Gasteiger partial charge in [-0.25, -0.2) is 0 Å². The third kappa shape index (κ3) is 4.82. The standard InChI is InChI=1S/C13H10F6N6/c1-24-22-11(21-23-24)6-25(7-12(14,15)16)9-3-2-8(5-20)10(4-9)13(17,18)19/h2-4H,6-7H2,1H3. The molecule has 1 aromatic heterocycles. The molecule has 0 saturated carbocycles. The van der Waals surface area contributed by atoms with E-state index in [9.17, 15) is 26.3 Å². The molecule has 0 aliphatic heterocycles.